The van der Waals surface area contributed by atoms with E-state index in [1.807, 2.05) is 0 Å². The molecule has 1 N–H and O–H groups in total. The summed E-state index contributed by atoms with van der Waals surface area (Å²) >= 11 is 11.0. The van der Waals surface area contributed by atoms with E-state index in [4.69, 9.17) is 27.8 Å². The lowest BCUT2D eigenvalue weighted by Crippen LogP contribution is -2.02. The highest BCUT2D eigenvalue weighted by Gasteiger charge is 2.13. The van der Waals surface area contributed by atoms with Gasteiger partial charge in [-0.15, -0.1) is 0 Å². The molecule has 7 heteroatoms. The smallest absolute Gasteiger partial charge is 0.269 e. The molecule has 3 nitrogen and oxygen atoms in total. The summed E-state index contributed by atoms with van der Waals surface area (Å²) < 4.78 is 42.4. The second kappa shape index (κ2) is 4.02. The lowest BCUT2D eigenvalue weighted by atomic mass is 10.2. The SMILES string of the molecule is O=S(=O)(O)Cc1cc(F)c(Cl)cc1Cl. The molecule has 0 aliphatic carbocycles. The maximum atomic E-state index is 12.9. The summed E-state index contributed by atoms with van der Waals surface area (Å²) in [6.45, 7) is 0. The first-order chi connectivity index (χ1) is 6.29. The maximum Gasteiger partial charge on any atom is 0.269 e. The molecule has 1 aromatic carbocycles. The van der Waals surface area contributed by atoms with Gasteiger partial charge >= 0.3 is 0 Å². The molecule has 0 aliphatic rings. The summed E-state index contributed by atoms with van der Waals surface area (Å²) in [4.78, 5) is 0. The van der Waals surface area contributed by atoms with Gasteiger partial charge < -0.3 is 0 Å². The molecule has 0 radical (unpaired) electrons. The van der Waals surface area contributed by atoms with Gasteiger partial charge in [0.25, 0.3) is 10.1 Å². The van der Waals surface area contributed by atoms with Crippen molar-refractivity contribution in [2.75, 3.05) is 0 Å². The number of rotatable bonds is 2. The minimum absolute atomic E-state index is 0.00553. The maximum absolute atomic E-state index is 12.9. The van der Waals surface area contributed by atoms with E-state index in [1.165, 1.54) is 0 Å². The van der Waals surface area contributed by atoms with Crippen LogP contribution in [0, 0.1) is 5.82 Å². The van der Waals surface area contributed by atoms with E-state index in [-0.39, 0.29) is 15.6 Å². The van der Waals surface area contributed by atoms with Crippen LogP contribution < -0.4 is 0 Å². The molecule has 0 fully saturated rings. The van der Waals surface area contributed by atoms with Crippen LogP contribution in [-0.4, -0.2) is 13.0 Å². The Hall–Kier alpha value is -0.360. The van der Waals surface area contributed by atoms with Gasteiger partial charge in [0.2, 0.25) is 0 Å². The Morgan fingerprint density at radius 2 is 1.86 bits per heavy atom. The summed E-state index contributed by atoms with van der Waals surface area (Å²) in [5.41, 5.74) is -0.0314. The summed E-state index contributed by atoms with van der Waals surface area (Å²) in [7, 11) is -4.22. The molecular weight excluding hydrogens is 254 g/mol. The van der Waals surface area contributed by atoms with Gasteiger partial charge in [-0.05, 0) is 17.7 Å². The topological polar surface area (TPSA) is 54.4 Å². The van der Waals surface area contributed by atoms with Gasteiger partial charge in [0.1, 0.15) is 11.6 Å². The lowest BCUT2D eigenvalue weighted by molar-refractivity contribution is 0.482. The standard InChI is InChI=1S/C7H5Cl2FO3S/c8-5-2-6(9)7(10)1-4(5)3-14(11,12)13/h1-2H,3H2,(H,11,12,13). The molecule has 0 heterocycles. The molecule has 0 aliphatic heterocycles. The van der Waals surface area contributed by atoms with Crippen molar-refractivity contribution in [3.8, 4) is 0 Å². The predicted molar refractivity (Wildman–Crippen MR) is 51.7 cm³/mol. The number of halogens is 3. The second-order valence-corrected chi connectivity index (χ2v) is 4.85. The largest absolute Gasteiger partial charge is 0.285 e. The normalized spacial score (nSPS) is 11.7. The van der Waals surface area contributed by atoms with E-state index in [2.05, 4.69) is 0 Å². The lowest BCUT2D eigenvalue weighted by Gasteiger charge is -2.03. The molecule has 1 aromatic rings. The molecule has 0 saturated heterocycles. The van der Waals surface area contributed by atoms with E-state index in [0.717, 1.165) is 12.1 Å². The molecule has 1 rings (SSSR count). The number of hydrogen-bond donors (Lipinski definition) is 1. The first-order valence-corrected chi connectivity index (χ1v) is 5.74. The first-order valence-electron chi connectivity index (χ1n) is 3.38. The Morgan fingerprint density at radius 3 is 2.36 bits per heavy atom. The van der Waals surface area contributed by atoms with Gasteiger partial charge in [0, 0.05) is 5.02 Å². The van der Waals surface area contributed by atoms with Crippen LogP contribution in [0.1, 0.15) is 5.56 Å². The van der Waals surface area contributed by atoms with E-state index < -0.39 is 21.7 Å². The van der Waals surface area contributed by atoms with Crippen LogP contribution in [0.25, 0.3) is 0 Å². The fraction of sp³-hybridized carbons (Fsp3) is 0.143. The van der Waals surface area contributed by atoms with Crippen LogP contribution in [0.4, 0.5) is 4.39 Å². The molecule has 0 aromatic heterocycles. The molecule has 14 heavy (non-hydrogen) atoms. The third-order valence-corrected chi connectivity index (χ3v) is 2.74. The van der Waals surface area contributed by atoms with Gasteiger partial charge in [0.05, 0.1) is 5.02 Å². The van der Waals surface area contributed by atoms with Crippen LogP contribution in [-0.2, 0) is 15.9 Å². The molecule has 0 saturated carbocycles. The van der Waals surface area contributed by atoms with Crippen LogP contribution in [0.5, 0.6) is 0 Å². The molecular formula is C7H5Cl2FO3S. The third kappa shape index (κ3) is 3.09. The molecule has 0 amide bonds. The fourth-order valence-electron chi connectivity index (χ4n) is 0.871. The van der Waals surface area contributed by atoms with Crippen molar-refractivity contribution < 1.29 is 17.4 Å². The highest BCUT2D eigenvalue weighted by atomic mass is 35.5. The van der Waals surface area contributed by atoms with Crippen LogP contribution >= 0.6 is 23.2 Å². The summed E-state index contributed by atoms with van der Waals surface area (Å²) in [5.74, 6) is -1.52. The summed E-state index contributed by atoms with van der Waals surface area (Å²) in [6, 6.07) is 1.96. The minimum Gasteiger partial charge on any atom is -0.285 e. The average molecular weight is 259 g/mol. The minimum atomic E-state index is -4.22. The Morgan fingerprint density at radius 1 is 1.29 bits per heavy atom. The molecule has 0 spiro atoms. The second-order valence-electron chi connectivity index (χ2n) is 2.58. The Labute approximate surface area is 90.2 Å². The average Bonchev–Trinajstić information content (AvgIpc) is 1.97. The Bertz CT molecular complexity index is 458. The van der Waals surface area contributed by atoms with E-state index >= 15 is 0 Å². The van der Waals surface area contributed by atoms with Gasteiger partial charge in [-0.1, -0.05) is 23.2 Å². The number of benzene rings is 1. The van der Waals surface area contributed by atoms with Crippen molar-refractivity contribution in [1.29, 1.82) is 0 Å². The molecule has 78 valence electrons. The van der Waals surface area contributed by atoms with Gasteiger partial charge in [-0.2, -0.15) is 8.42 Å². The zero-order valence-electron chi connectivity index (χ0n) is 6.67. The Balaban J connectivity index is 3.17. The van der Waals surface area contributed by atoms with Crippen molar-refractivity contribution in [2.24, 2.45) is 0 Å². The third-order valence-electron chi connectivity index (χ3n) is 1.43. The summed E-state index contributed by atoms with van der Waals surface area (Å²) in [5, 5.41) is -0.205. The van der Waals surface area contributed by atoms with Crippen molar-refractivity contribution in [3.63, 3.8) is 0 Å². The molecule has 0 bridgehead atoms. The van der Waals surface area contributed by atoms with Crippen molar-refractivity contribution in [1.82, 2.24) is 0 Å². The van der Waals surface area contributed by atoms with Gasteiger partial charge in [-0.25, -0.2) is 4.39 Å². The van der Waals surface area contributed by atoms with E-state index in [9.17, 15) is 12.8 Å². The quantitative estimate of drug-likeness (QED) is 0.655. The fourth-order valence-corrected chi connectivity index (χ4v) is 2.03. The summed E-state index contributed by atoms with van der Waals surface area (Å²) in [6.07, 6.45) is 0. The predicted octanol–water partition coefficient (Wildman–Crippen LogP) is 2.52. The van der Waals surface area contributed by atoms with Crippen molar-refractivity contribution in [3.05, 3.63) is 33.6 Å². The monoisotopic (exact) mass is 258 g/mol. The highest BCUT2D eigenvalue weighted by Crippen LogP contribution is 2.25. The Kier molecular flexibility index (Phi) is 3.36. The van der Waals surface area contributed by atoms with Gasteiger partial charge in [-0.3, -0.25) is 4.55 Å². The van der Waals surface area contributed by atoms with E-state index in [0.29, 0.717) is 0 Å². The van der Waals surface area contributed by atoms with Crippen LogP contribution in [0.2, 0.25) is 10.0 Å². The zero-order chi connectivity index (χ0) is 10.9. The van der Waals surface area contributed by atoms with Crippen LogP contribution in [0.15, 0.2) is 12.1 Å². The number of hydrogen-bond acceptors (Lipinski definition) is 2. The van der Waals surface area contributed by atoms with Crippen molar-refractivity contribution >= 4 is 33.3 Å². The van der Waals surface area contributed by atoms with Gasteiger partial charge in [0.15, 0.2) is 0 Å². The first kappa shape index (κ1) is 11.7. The highest BCUT2D eigenvalue weighted by molar-refractivity contribution is 7.85. The molecule has 0 atom stereocenters. The zero-order valence-corrected chi connectivity index (χ0v) is 9.00. The van der Waals surface area contributed by atoms with Crippen molar-refractivity contribution in [2.45, 2.75) is 5.75 Å². The molecule has 0 unspecified atom stereocenters. The van der Waals surface area contributed by atoms with Crippen LogP contribution in [0.3, 0.4) is 0 Å². The van der Waals surface area contributed by atoms with E-state index in [1.54, 1.807) is 0 Å².